The number of carbonyl (C=O) groups is 2. The fraction of sp³-hybridized carbons (Fsp3) is 0.400. The second kappa shape index (κ2) is 9.65. The molecule has 2 aromatic rings. The molecule has 3 N–H and O–H groups in total. The third kappa shape index (κ3) is 5.00. The van der Waals surface area contributed by atoms with Crippen LogP contribution >= 0.6 is 27.3 Å². The fourth-order valence-electron chi connectivity index (χ4n) is 3.36. The van der Waals surface area contributed by atoms with Crippen LogP contribution in [0, 0.1) is 0 Å². The van der Waals surface area contributed by atoms with Crippen LogP contribution in [0.4, 0.5) is 5.00 Å². The highest BCUT2D eigenvalue weighted by Crippen LogP contribution is 2.44. The van der Waals surface area contributed by atoms with Crippen LogP contribution in [0.2, 0.25) is 0 Å². The van der Waals surface area contributed by atoms with Crippen molar-refractivity contribution in [2.75, 3.05) is 51.7 Å². The molecular formula is C20H26BrN3O3S+2. The van der Waals surface area contributed by atoms with E-state index in [1.807, 2.05) is 30.3 Å². The summed E-state index contributed by atoms with van der Waals surface area (Å²) in [6.07, 6.45) is 0. The van der Waals surface area contributed by atoms with Crippen molar-refractivity contribution in [3.8, 4) is 11.1 Å². The molecule has 6 nitrogen and oxygen atoms in total. The summed E-state index contributed by atoms with van der Waals surface area (Å²) in [6, 6.07) is 9.66. The van der Waals surface area contributed by atoms with Crippen molar-refractivity contribution in [1.82, 2.24) is 0 Å². The summed E-state index contributed by atoms with van der Waals surface area (Å²) in [5.41, 5.74) is 2.08. The first-order valence-corrected chi connectivity index (χ1v) is 11.1. The Kier molecular flexibility index (Phi) is 7.23. The Labute approximate surface area is 177 Å². The van der Waals surface area contributed by atoms with Crippen molar-refractivity contribution in [2.24, 2.45) is 0 Å². The molecule has 1 fully saturated rings. The number of carbonyl (C=O) groups excluding carboxylic acids is 2. The number of ether oxygens (including phenoxy) is 1. The Balaban J connectivity index is 1.84. The molecule has 0 saturated carbocycles. The topological polar surface area (TPSA) is 64.3 Å². The summed E-state index contributed by atoms with van der Waals surface area (Å²) in [5.74, 6) is -0.498. The highest BCUT2D eigenvalue weighted by atomic mass is 79.9. The molecule has 1 aliphatic rings. The molecule has 0 spiro atoms. The number of hydrogen-bond donors (Lipinski definition) is 3. The van der Waals surface area contributed by atoms with Crippen molar-refractivity contribution in [1.29, 1.82) is 0 Å². The zero-order valence-electron chi connectivity index (χ0n) is 16.1. The SMILES string of the molecule is CCOC(=O)c1c(NC(=O)C[NH+]2CC[NH+](C)CC2)sc(Br)c1-c1ccccc1. The van der Waals surface area contributed by atoms with Crippen molar-refractivity contribution >= 4 is 44.1 Å². The van der Waals surface area contributed by atoms with Gasteiger partial charge in [-0.3, -0.25) is 4.79 Å². The largest absolute Gasteiger partial charge is 0.462 e. The van der Waals surface area contributed by atoms with Crippen LogP contribution in [0.1, 0.15) is 17.3 Å². The maximum Gasteiger partial charge on any atom is 0.341 e. The van der Waals surface area contributed by atoms with Crippen LogP contribution < -0.4 is 15.1 Å². The molecule has 0 bridgehead atoms. The minimum Gasteiger partial charge on any atom is -0.462 e. The fourth-order valence-corrected chi connectivity index (χ4v) is 5.22. The van der Waals surface area contributed by atoms with Gasteiger partial charge in [0.05, 0.1) is 17.4 Å². The summed E-state index contributed by atoms with van der Waals surface area (Å²) in [5, 5.41) is 3.50. The predicted octanol–water partition coefficient (Wildman–Crippen LogP) is 0.706. The maximum atomic E-state index is 12.7. The van der Waals surface area contributed by atoms with E-state index in [1.54, 1.807) is 6.92 Å². The van der Waals surface area contributed by atoms with Crippen LogP contribution in [0.5, 0.6) is 0 Å². The molecule has 1 aromatic heterocycles. The molecular weight excluding hydrogens is 442 g/mol. The number of rotatable bonds is 6. The Hall–Kier alpha value is -1.74. The quantitative estimate of drug-likeness (QED) is 0.548. The molecule has 150 valence electrons. The number of amides is 1. The number of esters is 1. The lowest BCUT2D eigenvalue weighted by atomic mass is 10.0. The van der Waals surface area contributed by atoms with Gasteiger partial charge in [0.2, 0.25) is 0 Å². The number of likely N-dealkylation sites (N-methyl/N-ethyl adjacent to an activating group) is 1. The van der Waals surface area contributed by atoms with E-state index in [2.05, 4.69) is 28.3 Å². The first kappa shape index (κ1) is 21.0. The van der Waals surface area contributed by atoms with Gasteiger partial charge in [0.1, 0.15) is 36.7 Å². The zero-order valence-corrected chi connectivity index (χ0v) is 18.5. The first-order valence-electron chi connectivity index (χ1n) is 9.49. The van der Waals surface area contributed by atoms with E-state index >= 15 is 0 Å². The number of anilines is 1. The molecule has 8 heteroatoms. The van der Waals surface area contributed by atoms with E-state index in [9.17, 15) is 9.59 Å². The van der Waals surface area contributed by atoms with E-state index in [4.69, 9.17) is 4.74 Å². The number of quaternary nitrogens is 2. The smallest absolute Gasteiger partial charge is 0.341 e. The van der Waals surface area contributed by atoms with Gasteiger partial charge in [0, 0.05) is 5.56 Å². The van der Waals surface area contributed by atoms with Crippen LogP contribution in [-0.4, -0.2) is 58.3 Å². The Bertz CT molecular complexity index is 833. The number of benzene rings is 1. The van der Waals surface area contributed by atoms with E-state index in [1.165, 1.54) is 21.1 Å². The van der Waals surface area contributed by atoms with Crippen LogP contribution in [0.25, 0.3) is 11.1 Å². The molecule has 0 aliphatic carbocycles. The molecule has 0 unspecified atom stereocenters. The van der Waals surface area contributed by atoms with E-state index in [-0.39, 0.29) is 12.5 Å². The van der Waals surface area contributed by atoms with Gasteiger partial charge in [-0.15, -0.1) is 11.3 Å². The van der Waals surface area contributed by atoms with E-state index < -0.39 is 5.97 Å². The van der Waals surface area contributed by atoms with Gasteiger partial charge in [-0.05, 0) is 28.4 Å². The second-order valence-electron chi connectivity index (χ2n) is 6.97. The first-order chi connectivity index (χ1) is 13.5. The molecule has 28 heavy (non-hydrogen) atoms. The normalized spacial score (nSPS) is 19.2. The van der Waals surface area contributed by atoms with Gasteiger partial charge in [-0.25, -0.2) is 4.79 Å². The monoisotopic (exact) mass is 467 g/mol. The number of piperazine rings is 1. The molecule has 0 atom stereocenters. The summed E-state index contributed by atoms with van der Waals surface area (Å²) < 4.78 is 6.07. The average Bonchev–Trinajstić information content (AvgIpc) is 3.00. The van der Waals surface area contributed by atoms with Gasteiger partial charge in [0.15, 0.2) is 6.54 Å². The Morgan fingerprint density at radius 1 is 1.18 bits per heavy atom. The predicted molar refractivity (Wildman–Crippen MR) is 114 cm³/mol. The lowest BCUT2D eigenvalue weighted by Gasteiger charge is -2.26. The summed E-state index contributed by atoms with van der Waals surface area (Å²) >= 11 is 4.92. The van der Waals surface area contributed by atoms with Gasteiger partial charge < -0.3 is 19.9 Å². The second-order valence-corrected chi connectivity index (χ2v) is 9.31. The number of halogens is 1. The zero-order chi connectivity index (χ0) is 20.1. The van der Waals surface area contributed by atoms with Crippen molar-refractivity contribution < 1.29 is 24.1 Å². The van der Waals surface area contributed by atoms with Gasteiger partial charge in [-0.2, -0.15) is 0 Å². The van der Waals surface area contributed by atoms with Crippen LogP contribution in [-0.2, 0) is 9.53 Å². The number of nitrogens with one attached hydrogen (secondary N) is 3. The highest BCUT2D eigenvalue weighted by molar-refractivity contribution is 9.11. The molecule has 1 aliphatic heterocycles. The lowest BCUT2D eigenvalue weighted by molar-refractivity contribution is -0.999. The van der Waals surface area contributed by atoms with Gasteiger partial charge >= 0.3 is 5.97 Å². The van der Waals surface area contributed by atoms with Crippen molar-refractivity contribution in [3.05, 3.63) is 39.7 Å². The van der Waals surface area contributed by atoms with Crippen molar-refractivity contribution in [3.63, 3.8) is 0 Å². The minimum atomic E-state index is -0.422. The standard InChI is InChI=1S/C20H24BrN3O3S/c1-3-27-20(26)17-16(14-7-5-4-6-8-14)18(21)28-19(17)22-15(25)13-24-11-9-23(2)10-12-24/h4-8H,3,9-13H2,1-2H3,(H,22,25)/p+2. The molecule has 1 amide bonds. The molecule has 1 saturated heterocycles. The minimum absolute atomic E-state index is 0.0755. The maximum absolute atomic E-state index is 12.7. The van der Waals surface area contributed by atoms with Crippen molar-refractivity contribution in [2.45, 2.75) is 6.92 Å². The lowest BCUT2D eigenvalue weighted by Crippen LogP contribution is -3.27. The summed E-state index contributed by atoms with van der Waals surface area (Å²) in [4.78, 5) is 28.1. The van der Waals surface area contributed by atoms with Gasteiger partial charge in [-0.1, -0.05) is 30.3 Å². The van der Waals surface area contributed by atoms with Crippen LogP contribution in [0.3, 0.4) is 0 Å². The number of hydrogen-bond acceptors (Lipinski definition) is 4. The van der Waals surface area contributed by atoms with E-state index in [0.29, 0.717) is 17.1 Å². The summed E-state index contributed by atoms with van der Waals surface area (Å²) in [7, 11) is 2.18. The molecule has 3 rings (SSSR count). The highest BCUT2D eigenvalue weighted by Gasteiger charge is 2.28. The Morgan fingerprint density at radius 3 is 2.50 bits per heavy atom. The average molecular weight is 468 g/mol. The third-order valence-corrected chi connectivity index (χ3v) is 6.66. The summed E-state index contributed by atoms with van der Waals surface area (Å²) in [6.45, 7) is 6.56. The van der Waals surface area contributed by atoms with Gasteiger partial charge in [0.25, 0.3) is 5.91 Å². The molecule has 1 aromatic carbocycles. The number of thiophene rings is 1. The van der Waals surface area contributed by atoms with Crippen LogP contribution in [0.15, 0.2) is 34.1 Å². The van der Waals surface area contributed by atoms with E-state index in [0.717, 1.165) is 41.1 Å². The molecule has 2 heterocycles. The third-order valence-electron chi connectivity index (χ3n) is 4.88. The Morgan fingerprint density at radius 2 is 1.86 bits per heavy atom. The molecule has 0 radical (unpaired) electrons.